The molecule has 0 saturated carbocycles. The van der Waals surface area contributed by atoms with Crippen molar-refractivity contribution in [3.63, 3.8) is 0 Å². The van der Waals surface area contributed by atoms with Gasteiger partial charge in [-0.25, -0.2) is 17.5 Å². The SMILES string of the molecule is CCC(NS(=O)(=O)Cc1c(F)cccc1Cl)c1ccc(OC)cc1. The molecule has 24 heavy (non-hydrogen) atoms. The highest BCUT2D eigenvalue weighted by Crippen LogP contribution is 2.24. The van der Waals surface area contributed by atoms with Crippen LogP contribution in [0.5, 0.6) is 5.75 Å². The fourth-order valence-corrected chi connectivity index (χ4v) is 4.14. The second-order valence-corrected chi connectivity index (χ2v) is 7.47. The highest BCUT2D eigenvalue weighted by atomic mass is 35.5. The lowest BCUT2D eigenvalue weighted by atomic mass is 10.1. The van der Waals surface area contributed by atoms with Crippen LogP contribution in [0.15, 0.2) is 42.5 Å². The number of hydrogen-bond acceptors (Lipinski definition) is 3. The van der Waals surface area contributed by atoms with Crippen LogP contribution in [0.2, 0.25) is 5.02 Å². The minimum Gasteiger partial charge on any atom is -0.497 e. The first-order valence-corrected chi connectivity index (χ1v) is 9.46. The summed E-state index contributed by atoms with van der Waals surface area (Å²) in [5.41, 5.74) is 0.776. The summed E-state index contributed by atoms with van der Waals surface area (Å²) < 4.78 is 46.3. The molecule has 0 heterocycles. The lowest BCUT2D eigenvalue weighted by Crippen LogP contribution is -2.29. The zero-order valence-electron chi connectivity index (χ0n) is 13.4. The highest BCUT2D eigenvalue weighted by Gasteiger charge is 2.21. The summed E-state index contributed by atoms with van der Waals surface area (Å²) in [6, 6.07) is 10.8. The van der Waals surface area contributed by atoms with Crippen LogP contribution in [0.4, 0.5) is 4.39 Å². The molecular formula is C17H19ClFNO3S. The van der Waals surface area contributed by atoms with Crippen molar-refractivity contribution in [3.8, 4) is 5.75 Å². The van der Waals surface area contributed by atoms with Gasteiger partial charge in [0.25, 0.3) is 0 Å². The summed E-state index contributed by atoms with van der Waals surface area (Å²) in [4.78, 5) is 0. The maximum absolute atomic E-state index is 13.8. The van der Waals surface area contributed by atoms with Crippen LogP contribution in [-0.4, -0.2) is 15.5 Å². The molecular weight excluding hydrogens is 353 g/mol. The molecule has 2 aromatic rings. The number of methoxy groups -OCH3 is 1. The minimum atomic E-state index is -3.76. The van der Waals surface area contributed by atoms with Crippen LogP contribution in [0.25, 0.3) is 0 Å². The molecule has 1 atom stereocenters. The van der Waals surface area contributed by atoms with E-state index in [0.29, 0.717) is 12.2 Å². The van der Waals surface area contributed by atoms with E-state index < -0.39 is 27.6 Å². The van der Waals surface area contributed by atoms with Gasteiger partial charge < -0.3 is 4.74 Å². The van der Waals surface area contributed by atoms with Gasteiger partial charge in [-0.05, 0) is 36.2 Å². The van der Waals surface area contributed by atoms with Gasteiger partial charge in [0.2, 0.25) is 10.0 Å². The Balaban J connectivity index is 2.19. The largest absolute Gasteiger partial charge is 0.497 e. The smallest absolute Gasteiger partial charge is 0.216 e. The molecule has 2 rings (SSSR count). The normalized spacial score (nSPS) is 12.8. The van der Waals surface area contributed by atoms with Crippen LogP contribution in [0.1, 0.15) is 30.5 Å². The molecule has 130 valence electrons. The van der Waals surface area contributed by atoms with Crippen molar-refractivity contribution in [3.05, 3.63) is 64.4 Å². The summed E-state index contributed by atoms with van der Waals surface area (Å²) in [6.07, 6.45) is 0.552. The van der Waals surface area contributed by atoms with Crippen molar-refractivity contribution in [2.45, 2.75) is 25.1 Å². The molecule has 0 amide bonds. The standard InChI is InChI=1S/C17H19ClFNO3S/c1-3-17(12-7-9-13(23-2)10-8-12)20-24(21,22)11-14-15(18)5-4-6-16(14)19/h4-10,17,20H,3,11H2,1-2H3. The first-order chi connectivity index (χ1) is 11.4. The van der Waals surface area contributed by atoms with E-state index in [1.54, 1.807) is 31.4 Å². The molecule has 0 aliphatic carbocycles. The summed E-state index contributed by atoms with van der Waals surface area (Å²) >= 11 is 5.91. The number of hydrogen-bond donors (Lipinski definition) is 1. The van der Waals surface area contributed by atoms with Crippen molar-refractivity contribution < 1.29 is 17.5 Å². The molecule has 0 saturated heterocycles. The third-order valence-electron chi connectivity index (χ3n) is 3.64. The third kappa shape index (κ3) is 4.69. The van der Waals surface area contributed by atoms with Crippen molar-refractivity contribution in [2.75, 3.05) is 7.11 Å². The minimum absolute atomic E-state index is 0.0312. The molecule has 0 aliphatic rings. The highest BCUT2D eigenvalue weighted by molar-refractivity contribution is 7.88. The first-order valence-electron chi connectivity index (χ1n) is 7.43. The van der Waals surface area contributed by atoms with Gasteiger partial charge in [0.1, 0.15) is 11.6 Å². The van der Waals surface area contributed by atoms with Gasteiger partial charge in [-0.3, -0.25) is 0 Å². The molecule has 0 radical (unpaired) electrons. The molecule has 7 heteroatoms. The van der Waals surface area contributed by atoms with Crippen LogP contribution in [0, 0.1) is 5.82 Å². The van der Waals surface area contributed by atoms with Crippen molar-refractivity contribution >= 4 is 21.6 Å². The van der Waals surface area contributed by atoms with E-state index in [-0.39, 0.29) is 10.6 Å². The second-order valence-electron chi connectivity index (χ2n) is 5.31. The predicted octanol–water partition coefficient (Wildman–Crippen LogP) is 4.06. The van der Waals surface area contributed by atoms with Crippen molar-refractivity contribution in [2.24, 2.45) is 0 Å². The first kappa shape index (κ1) is 18.7. The predicted molar refractivity (Wildman–Crippen MR) is 93.2 cm³/mol. The average Bonchev–Trinajstić information content (AvgIpc) is 2.56. The fourth-order valence-electron chi connectivity index (χ4n) is 2.34. The van der Waals surface area contributed by atoms with Crippen molar-refractivity contribution in [1.29, 1.82) is 0 Å². The van der Waals surface area contributed by atoms with E-state index in [2.05, 4.69) is 4.72 Å². The molecule has 4 nitrogen and oxygen atoms in total. The number of ether oxygens (including phenoxy) is 1. The molecule has 1 unspecified atom stereocenters. The van der Waals surface area contributed by atoms with E-state index in [9.17, 15) is 12.8 Å². The van der Waals surface area contributed by atoms with Gasteiger partial charge >= 0.3 is 0 Å². The van der Waals surface area contributed by atoms with Gasteiger partial charge in [-0.2, -0.15) is 0 Å². The lowest BCUT2D eigenvalue weighted by molar-refractivity contribution is 0.414. The Hall–Kier alpha value is -1.63. The fraction of sp³-hybridized carbons (Fsp3) is 0.294. The maximum atomic E-state index is 13.8. The summed E-state index contributed by atoms with van der Waals surface area (Å²) in [7, 11) is -2.20. The van der Waals surface area contributed by atoms with Crippen LogP contribution in [-0.2, 0) is 15.8 Å². The van der Waals surface area contributed by atoms with Gasteiger partial charge in [0.05, 0.1) is 12.9 Å². The van der Waals surface area contributed by atoms with Crippen LogP contribution < -0.4 is 9.46 Å². The zero-order valence-corrected chi connectivity index (χ0v) is 15.0. The van der Waals surface area contributed by atoms with E-state index in [4.69, 9.17) is 16.3 Å². The molecule has 0 fully saturated rings. The van der Waals surface area contributed by atoms with Gasteiger partial charge in [0, 0.05) is 16.6 Å². The van der Waals surface area contributed by atoms with Crippen LogP contribution >= 0.6 is 11.6 Å². The quantitative estimate of drug-likeness (QED) is 0.798. The maximum Gasteiger partial charge on any atom is 0.216 e. The second kappa shape index (κ2) is 7.96. The number of rotatable bonds is 7. The van der Waals surface area contributed by atoms with E-state index in [0.717, 1.165) is 5.56 Å². The summed E-state index contributed by atoms with van der Waals surface area (Å²) in [6.45, 7) is 1.87. The number of benzene rings is 2. The number of sulfonamides is 1. The summed E-state index contributed by atoms with van der Waals surface area (Å²) in [5, 5.41) is 0.0953. The zero-order chi connectivity index (χ0) is 17.7. The summed E-state index contributed by atoms with van der Waals surface area (Å²) in [5.74, 6) is -0.453. The Morgan fingerprint density at radius 2 is 1.88 bits per heavy atom. The Morgan fingerprint density at radius 3 is 2.42 bits per heavy atom. The molecule has 1 N–H and O–H groups in total. The molecule has 0 bridgehead atoms. The lowest BCUT2D eigenvalue weighted by Gasteiger charge is -2.18. The van der Waals surface area contributed by atoms with Crippen LogP contribution in [0.3, 0.4) is 0 Å². The van der Waals surface area contributed by atoms with E-state index in [1.165, 1.54) is 18.2 Å². The Bertz CT molecular complexity index is 774. The monoisotopic (exact) mass is 371 g/mol. The van der Waals surface area contributed by atoms with Gasteiger partial charge in [-0.1, -0.05) is 36.7 Å². The van der Waals surface area contributed by atoms with E-state index >= 15 is 0 Å². The molecule has 0 aromatic heterocycles. The van der Waals surface area contributed by atoms with Gasteiger partial charge in [-0.15, -0.1) is 0 Å². The molecule has 2 aromatic carbocycles. The molecule has 0 spiro atoms. The Kier molecular flexibility index (Phi) is 6.21. The van der Waals surface area contributed by atoms with Crippen molar-refractivity contribution in [1.82, 2.24) is 4.72 Å². The van der Waals surface area contributed by atoms with Gasteiger partial charge in [0.15, 0.2) is 0 Å². The topological polar surface area (TPSA) is 55.4 Å². The average molecular weight is 372 g/mol. The third-order valence-corrected chi connectivity index (χ3v) is 5.31. The molecule has 0 aliphatic heterocycles. The number of halogens is 2. The number of nitrogens with one attached hydrogen (secondary N) is 1. The Morgan fingerprint density at radius 1 is 1.21 bits per heavy atom. The Labute approximate surface area is 146 Å². The van der Waals surface area contributed by atoms with E-state index in [1.807, 2.05) is 6.92 Å².